The molecule has 0 N–H and O–H groups in total. The minimum Gasteiger partial charge on any atom is -0.414 e. The van der Waals surface area contributed by atoms with Crippen LogP contribution in [-0.2, 0) is 0 Å². The van der Waals surface area contributed by atoms with E-state index in [4.69, 9.17) is 9.68 Å². The quantitative estimate of drug-likeness (QED) is 0.669. The Morgan fingerprint density at radius 2 is 2.42 bits per heavy atom. The van der Waals surface area contributed by atoms with Gasteiger partial charge in [0.15, 0.2) is 0 Å². The normalized spacial score (nSPS) is 12.4. The summed E-state index contributed by atoms with van der Waals surface area (Å²) in [4.78, 5) is 0. The van der Waals surface area contributed by atoms with Gasteiger partial charge in [-0.15, -0.1) is 10.2 Å². The molecule has 1 aromatic rings. The Balaban J connectivity index is 2.81. The minimum absolute atomic E-state index is 0.265. The van der Waals surface area contributed by atoms with Gasteiger partial charge in [-0.1, -0.05) is 18.7 Å². The average Bonchev–Trinajstić information content (AvgIpc) is 2.55. The van der Waals surface area contributed by atoms with Gasteiger partial charge in [0.2, 0.25) is 5.89 Å². The summed E-state index contributed by atoms with van der Waals surface area (Å²) in [5.41, 5.74) is 0. The van der Waals surface area contributed by atoms with Crippen LogP contribution in [0.15, 0.2) is 9.64 Å². The highest BCUT2D eigenvalue weighted by atomic mass is 32.2. The molecule has 1 aromatic heterocycles. The molecule has 0 saturated heterocycles. The maximum Gasteiger partial charge on any atom is 0.276 e. The van der Waals surface area contributed by atoms with Crippen LogP contribution in [0, 0.1) is 11.3 Å². The predicted octanol–water partition coefficient (Wildman–Crippen LogP) is 1.81. The van der Waals surface area contributed by atoms with Crippen molar-refractivity contribution >= 4 is 11.8 Å². The smallest absolute Gasteiger partial charge is 0.276 e. The summed E-state index contributed by atoms with van der Waals surface area (Å²) in [6, 6.07) is 2.10. The zero-order chi connectivity index (χ0) is 8.97. The van der Waals surface area contributed by atoms with E-state index in [1.54, 1.807) is 0 Å². The number of thioether (sulfide) groups is 1. The Morgan fingerprint density at radius 1 is 1.67 bits per heavy atom. The van der Waals surface area contributed by atoms with E-state index < -0.39 is 0 Å². The monoisotopic (exact) mass is 183 g/mol. The molecule has 4 nitrogen and oxygen atoms in total. The molecule has 0 radical (unpaired) electrons. The summed E-state index contributed by atoms with van der Waals surface area (Å²) in [5, 5.41) is 16.7. The standard InChI is InChI=1S/C7H9N3OS/c1-3-5(4-8)6-9-10-7(11-6)12-2/h5H,3H2,1-2H3. The van der Waals surface area contributed by atoms with Crippen LogP contribution in [0.25, 0.3) is 0 Å². The second-order valence-electron chi connectivity index (χ2n) is 2.20. The summed E-state index contributed by atoms with van der Waals surface area (Å²) in [7, 11) is 0. The molecule has 1 rings (SSSR count). The van der Waals surface area contributed by atoms with Gasteiger partial charge in [0, 0.05) is 0 Å². The summed E-state index contributed by atoms with van der Waals surface area (Å²) >= 11 is 1.38. The fraction of sp³-hybridized carbons (Fsp3) is 0.571. The molecule has 0 spiro atoms. The van der Waals surface area contributed by atoms with Crippen LogP contribution in [0.2, 0.25) is 0 Å². The van der Waals surface area contributed by atoms with Crippen LogP contribution in [0.5, 0.6) is 0 Å². The molecule has 12 heavy (non-hydrogen) atoms. The highest BCUT2D eigenvalue weighted by molar-refractivity contribution is 7.98. The predicted molar refractivity (Wildman–Crippen MR) is 44.7 cm³/mol. The lowest BCUT2D eigenvalue weighted by atomic mass is 10.1. The van der Waals surface area contributed by atoms with Crippen LogP contribution in [-0.4, -0.2) is 16.5 Å². The van der Waals surface area contributed by atoms with Crippen molar-refractivity contribution in [2.24, 2.45) is 0 Å². The van der Waals surface area contributed by atoms with Gasteiger partial charge in [0.25, 0.3) is 5.22 Å². The van der Waals surface area contributed by atoms with Crippen molar-refractivity contribution < 1.29 is 4.42 Å². The van der Waals surface area contributed by atoms with E-state index in [2.05, 4.69) is 16.3 Å². The van der Waals surface area contributed by atoms with E-state index >= 15 is 0 Å². The first-order chi connectivity index (χ1) is 5.81. The van der Waals surface area contributed by atoms with E-state index in [1.807, 2.05) is 13.2 Å². The van der Waals surface area contributed by atoms with Gasteiger partial charge in [0.05, 0.1) is 6.07 Å². The zero-order valence-electron chi connectivity index (χ0n) is 6.94. The van der Waals surface area contributed by atoms with Crippen molar-refractivity contribution in [1.29, 1.82) is 5.26 Å². The molecule has 1 unspecified atom stereocenters. The second kappa shape index (κ2) is 4.12. The first kappa shape index (κ1) is 9.07. The third-order valence-corrected chi connectivity index (χ3v) is 1.97. The van der Waals surface area contributed by atoms with E-state index in [0.717, 1.165) is 0 Å². The molecular formula is C7H9N3OS. The van der Waals surface area contributed by atoms with Crippen LogP contribution in [0.3, 0.4) is 0 Å². The van der Waals surface area contributed by atoms with Gasteiger partial charge in [-0.25, -0.2) is 0 Å². The Bertz CT molecular complexity index is 291. The maximum absolute atomic E-state index is 8.68. The number of nitrogens with zero attached hydrogens (tertiary/aromatic N) is 3. The Morgan fingerprint density at radius 3 is 2.83 bits per heavy atom. The third kappa shape index (κ3) is 1.77. The fourth-order valence-electron chi connectivity index (χ4n) is 0.765. The number of rotatable bonds is 3. The molecule has 0 aromatic carbocycles. The van der Waals surface area contributed by atoms with Gasteiger partial charge in [-0.05, 0) is 12.7 Å². The Hall–Kier alpha value is -1.02. The molecule has 0 aliphatic rings. The lowest BCUT2D eigenvalue weighted by molar-refractivity contribution is 0.400. The molecule has 1 atom stereocenters. The molecule has 0 amide bonds. The molecule has 0 aliphatic heterocycles. The molecule has 0 aliphatic carbocycles. The molecule has 0 fully saturated rings. The minimum atomic E-state index is -0.265. The lowest BCUT2D eigenvalue weighted by Crippen LogP contribution is -1.93. The first-order valence-electron chi connectivity index (χ1n) is 3.58. The van der Waals surface area contributed by atoms with Crippen molar-refractivity contribution in [3.05, 3.63) is 5.89 Å². The van der Waals surface area contributed by atoms with Crippen molar-refractivity contribution in [3.63, 3.8) is 0 Å². The van der Waals surface area contributed by atoms with Gasteiger partial charge in [-0.2, -0.15) is 5.26 Å². The van der Waals surface area contributed by atoms with Crippen molar-refractivity contribution in [2.75, 3.05) is 6.26 Å². The van der Waals surface area contributed by atoms with Crippen LogP contribution in [0.4, 0.5) is 0 Å². The largest absolute Gasteiger partial charge is 0.414 e. The average molecular weight is 183 g/mol. The highest BCUT2D eigenvalue weighted by Gasteiger charge is 2.15. The Kier molecular flexibility index (Phi) is 3.11. The van der Waals surface area contributed by atoms with E-state index in [0.29, 0.717) is 17.5 Å². The molecule has 1 heterocycles. The van der Waals surface area contributed by atoms with Crippen LogP contribution < -0.4 is 0 Å². The summed E-state index contributed by atoms with van der Waals surface area (Å²) in [6.45, 7) is 1.91. The Labute approximate surface area is 75.0 Å². The zero-order valence-corrected chi connectivity index (χ0v) is 7.76. The van der Waals surface area contributed by atoms with Gasteiger partial charge >= 0.3 is 0 Å². The number of hydrogen-bond acceptors (Lipinski definition) is 5. The van der Waals surface area contributed by atoms with Gasteiger partial charge in [-0.3, -0.25) is 0 Å². The summed E-state index contributed by atoms with van der Waals surface area (Å²) in [6.07, 6.45) is 2.55. The first-order valence-corrected chi connectivity index (χ1v) is 4.81. The van der Waals surface area contributed by atoms with Crippen molar-refractivity contribution in [2.45, 2.75) is 24.5 Å². The van der Waals surface area contributed by atoms with E-state index in [-0.39, 0.29) is 5.92 Å². The maximum atomic E-state index is 8.68. The summed E-state index contributed by atoms with van der Waals surface area (Å²) in [5.74, 6) is 0.155. The summed E-state index contributed by atoms with van der Waals surface area (Å²) < 4.78 is 5.19. The van der Waals surface area contributed by atoms with Crippen LogP contribution >= 0.6 is 11.8 Å². The van der Waals surface area contributed by atoms with Gasteiger partial charge < -0.3 is 4.42 Å². The second-order valence-corrected chi connectivity index (χ2v) is 2.96. The lowest BCUT2D eigenvalue weighted by Gasteiger charge is -1.95. The van der Waals surface area contributed by atoms with Crippen molar-refractivity contribution in [3.8, 4) is 6.07 Å². The molecule has 64 valence electrons. The third-order valence-electron chi connectivity index (χ3n) is 1.46. The van der Waals surface area contributed by atoms with Crippen LogP contribution in [0.1, 0.15) is 25.2 Å². The van der Waals surface area contributed by atoms with E-state index in [9.17, 15) is 0 Å². The van der Waals surface area contributed by atoms with E-state index in [1.165, 1.54) is 11.8 Å². The SMILES string of the molecule is CCC(C#N)c1nnc(SC)o1. The molecule has 5 heteroatoms. The molecular weight excluding hydrogens is 174 g/mol. The molecule has 0 bridgehead atoms. The van der Waals surface area contributed by atoms with Gasteiger partial charge in [0.1, 0.15) is 5.92 Å². The van der Waals surface area contributed by atoms with Crippen molar-refractivity contribution in [1.82, 2.24) is 10.2 Å². The number of nitriles is 1. The molecule has 0 saturated carbocycles. The fourth-order valence-corrected chi connectivity index (χ4v) is 1.06. The highest BCUT2D eigenvalue weighted by Crippen LogP contribution is 2.20. The number of aromatic nitrogens is 2. The number of hydrogen-bond donors (Lipinski definition) is 0. The topological polar surface area (TPSA) is 62.7 Å².